The molecule has 17 N–H and O–H groups in total. The molecule has 4 saturated carbocycles. The quantitative estimate of drug-likeness (QED) is 0.0689. The molecule has 536 valence electrons. The van der Waals surface area contributed by atoms with Crippen molar-refractivity contribution in [2.45, 2.75) is 106 Å². The molecule has 27 nitrogen and oxygen atoms in total. The molecule has 21 bridgehead atoms. The molecule has 103 heavy (non-hydrogen) atoms. The number of aliphatic hydroxyl groups excluding tert-OH is 1. The normalized spacial score (nSPS) is 25.6. The standard InChI is InChI=1S/C74H74Cl2N10O17/c1-86(2)13-3-12-78-70(96)63-44-29-51(90)45(30-79-59-37-15-32-14-33(17-37)18-38(59)16-32)66(92)57(44)43-23-35(6-8-49(43)88)60-71(97)85-64(74(100)84-63)65(91)36-7-11-53(47(76)24-36)103-56-27-40-26-55(67(56)93)102-52-10-4-31(19-46(52)75)20-48-68(94)81-61(72(98)83-62(40)73(99)82-60)39-21-41(87)28-42(22-39)101-54-25-34(5-9-50(54)89)58(77)69(95)80-48/h4-11,19,21-29,32-33,37-38,48,58-65,79,87-93H,3,12-18,20,30,77H2,1-2H3,(H,78,96)(H,80,95)(H,81,94)(H,82,99)(H,83,98)(H,84,100)(H,85,97)/t32?,33?,37?,38?,48?,58?,59?,60?,61?,62?,63-,64?,65?/m1/s1. The number of hydrogen-bond acceptors (Lipinski definition) is 20. The van der Waals surface area contributed by atoms with Crippen molar-refractivity contribution in [3.63, 3.8) is 0 Å². The van der Waals surface area contributed by atoms with E-state index in [0.29, 0.717) is 42.2 Å². The topological polar surface area (TPSA) is 414 Å². The maximum absolute atomic E-state index is 16.2. The summed E-state index contributed by atoms with van der Waals surface area (Å²) in [4.78, 5) is 110. The fourth-order valence-electron chi connectivity index (χ4n) is 15.7. The van der Waals surface area contributed by atoms with Crippen molar-refractivity contribution in [2.75, 3.05) is 27.2 Å². The van der Waals surface area contributed by atoms with Crippen LogP contribution in [0.2, 0.25) is 10.0 Å². The molecule has 6 heterocycles. The Balaban J connectivity index is 0.947. The van der Waals surface area contributed by atoms with Crippen LogP contribution in [0, 0.1) is 23.7 Å². The van der Waals surface area contributed by atoms with Gasteiger partial charge in [0.1, 0.15) is 88.6 Å². The molecule has 7 amide bonds. The molecule has 7 unspecified atom stereocenters. The van der Waals surface area contributed by atoms with Crippen LogP contribution < -0.4 is 62.5 Å². The van der Waals surface area contributed by atoms with E-state index in [9.17, 15) is 45.3 Å². The largest absolute Gasteiger partial charge is 0.508 e. The van der Waals surface area contributed by atoms with E-state index in [1.807, 2.05) is 19.0 Å². The highest BCUT2D eigenvalue weighted by atomic mass is 35.5. The molecule has 0 aromatic heterocycles. The molecule has 10 aliphatic rings. The Morgan fingerprint density at radius 3 is 1.83 bits per heavy atom. The molecule has 0 radical (unpaired) electrons. The number of aromatic hydroxyl groups is 6. The first-order chi connectivity index (χ1) is 49.3. The van der Waals surface area contributed by atoms with E-state index in [-0.39, 0.29) is 109 Å². The van der Waals surface area contributed by atoms with E-state index in [4.69, 9.17) is 43.1 Å². The predicted octanol–water partition coefficient (Wildman–Crippen LogP) is 6.88. The van der Waals surface area contributed by atoms with Crippen LogP contribution in [0.5, 0.6) is 69.0 Å². The Hall–Kier alpha value is -10.6. The molecule has 0 saturated heterocycles. The molecule has 8 atom stereocenters. The molecular formula is C74H74Cl2N10O17. The first-order valence-electron chi connectivity index (χ1n) is 33.8. The minimum absolute atomic E-state index is 0.0361. The fraction of sp³-hybridized carbons (Fsp3) is 0.338. The monoisotopic (exact) mass is 1440 g/mol. The summed E-state index contributed by atoms with van der Waals surface area (Å²) in [5, 5.41) is 107. The second-order valence-electron chi connectivity index (χ2n) is 27.8. The maximum atomic E-state index is 16.2. The van der Waals surface area contributed by atoms with Crippen LogP contribution in [0.25, 0.3) is 11.1 Å². The third-order valence-corrected chi connectivity index (χ3v) is 21.2. The zero-order valence-corrected chi connectivity index (χ0v) is 57.0. The summed E-state index contributed by atoms with van der Waals surface area (Å²) in [5.41, 5.74) is 5.25. The van der Waals surface area contributed by atoms with Crippen molar-refractivity contribution in [1.82, 2.24) is 47.4 Å². The maximum Gasteiger partial charge on any atom is 0.248 e. The number of ether oxygens (including phenoxy) is 3. The van der Waals surface area contributed by atoms with Crippen molar-refractivity contribution < 1.29 is 83.5 Å². The molecular weight excluding hydrogens is 1370 g/mol. The zero-order valence-electron chi connectivity index (χ0n) is 55.5. The van der Waals surface area contributed by atoms with Crippen molar-refractivity contribution in [3.8, 4) is 80.1 Å². The summed E-state index contributed by atoms with van der Waals surface area (Å²) < 4.78 is 18.7. The number of nitrogens with one attached hydrogen (secondary N) is 8. The second-order valence-corrected chi connectivity index (χ2v) is 28.6. The highest BCUT2D eigenvalue weighted by Gasteiger charge is 2.49. The number of carbonyl (C=O) groups is 7. The number of carbonyl (C=O) groups excluding carboxylic acids is 7. The van der Waals surface area contributed by atoms with Crippen LogP contribution in [0.4, 0.5) is 0 Å². The SMILES string of the molecule is CN(C)CCCNC(=O)[C@@H]1NC(=O)C2NC(=O)C(NC(=O)C3NC(=O)C4NC(=O)C(Cc5ccc(c(Cl)c5)Oc5cc3cc(c5O)Oc3ccc(cc3Cl)C2O)NC(=O)C(N)c2ccc(O)c(c2)Oc2cc(O)cc4c2)c2ccc(O)c(c2)-c2c1cc(O)c(CNC1C3CC4CC(C3)CC1C4)c2O. The molecule has 29 heteroatoms. The number of benzene rings is 7. The zero-order chi connectivity index (χ0) is 72.6. The number of nitrogens with zero attached hydrogens (tertiary/aromatic N) is 1. The van der Waals surface area contributed by atoms with Gasteiger partial charge in [-0.2, -0.15) is 0 Å². The second kappa shape index (κ2) is 28.0. The van der Waals surface area contributed by atoms with Gasteiger partial charge in [-0.15, -0.1) is 0 Å². The van der Waals surface area contributed by atoms with Crippen molar-refractivity contribution >= 4 is 64.6 Å². The van der Waals surface area contributed by atoms with E-state index in [1.54, 1.807) is 0 Å². The molecule has 4 aliphatic carbocycles. The van der Waals surface area contributed by atoms with Gasteiger partial charge in [0.2, 0.25) is 47.1 Å². The van der Waals surface area contributed by atoms with Crippen LogP contribution >= 0.6 is 23.2 Å². The molecule has 4 fully saturated rings. The van der Waals surface area contributed by atoms with E-state index in [1.165, 1.54) is 85.3 Å². The summed E-state index contributed by atoms with van der Waals surface area (Å²) in [5.74, 6) is -11.1. The summed E-state index contributed by atoms with van der Waals surface area (Å²) in [6, 6.07) is 9.06. The van der Waals surface area contributed by atoms with E-state index in [2.05, 4.69) is 42.5 Å². The van der Waals surface area contributed by atoms with Gasteiger partial charge in [-0.25, -0.2) is 0 Å². The summed E-state index contributed by atoms with van der Waals surface area (Å²) >= 11 is 14.0. The number of nitrogens with two attached hydrogens (primary N) is 1. The molecule has 7 aromatic carbocycles. The number of phenols is 6. The molecule has 7 aromatic rings. The smallest absolute Gasteiger partial charge is 0.248 e. The lowest BCUT2D eigenvalue weighted by atomic mass is 9.54. The Kier molecular flexibility index (Phi) is 18.9. The lowest BCUT2D eigenvalue weighted by molar-refractivity contribution is -0.137. The van der Waals surface area contributed by atoms with Gasteiger partial charge in [0.25, 0.3) is 0 Å². The van der Waals surface area contributed by atoms with Gasteiger partial charge in [-0.1, -0.05) is 47.5 Å². The Morgan fingerprint density at radius 2 is 1.17 bits per heavy atom. The van der Waals surface area contributed by atoms with Crippen LogP contribution in [-0.2, 0) is 46.5 Å². The molecule has 0 spiro atoms. The van der Waals surface area contributed by atoms with Crippen molar-refractivity contribution in [2.24, 2.45) is 29.4 Å². The van der Waals surface area contributed by atoms with Gasteiger partial charge in [-0.3, -0.25) is 33.6 Å². The first kappa shape index (κ1) is 69.5. The van der Waals surface area contributed by atoms with Gasteiger partial charge in [0.05, 0.1) is 15.6 Å². The summed E-state index contributed by atoms with van der Waals surface area (Å²) in [6.45, 7) is 0.485. The number of aliphatic hydroxyl groups is 1. The van der Waals surface area contributed by atoms with Crippen molar-refractivity contribution in [3.05, 3.63) is 164 Å². The van der Waals surface area contributed by atoms with E-state index >= 15 is 24.0 Å². The fourth-order valence-corrected chi connectivity index (χ4v) is 16.1. The van der Waals surface area contributed by atoms with Gasteiger partial charge < -0.3 is 103 Å². The molecule has 17 rings (SSSR count). The van der Waals surface area contributed by atoms with Crippen LogP contribution in [0.3, 0.4) is 0 Å². The Labute approximate surface area is 599 Å². The number of rotatable bonds is 8. The summed E-state index contributed by atoms with van der Waals surface area (Å²) in [7, 11) is 3.68. The van der Waals surface area contributed by atoms with E-state index < -0.39 is 136 Å². The minimum Gasteiger partial charge on any atom is -0.508 e. The Morgan fingerprint density at radius 1 is 0.563 bits per heavy atom. The predicted molar refractivity (Wildman–Crippen MR) is 371 cm³/mol. The number of phenolic OH excluding ortho intramolecular Hbond substituents is 6. The van der Waals surface area contributed by atoms with Gasteiger partial charge >= 0.3 is 0 Å². The number of amides is 7. The number of halogens is 2. The lowest BCUT2D eigenvalue weighted by Crippen LogP contribution is -2.56. The number of hydrogen-bond donors (Lipinski definition) is 16. The van der Waals surface area contributed by atoms with E-state index in [0.717, 1.165) is 56.0 Å². The number of fused-ring (bicyclic) bond motifs is 14. The third-order valence-electron chi connectivity index (χ3n) is 20.6. The minimum atomic E-state index is -2.16. The van der Waals surface area contributed by atoms with Crippen molar-refractivity contribution in [1.29, 1.82) is 0 Å². The van der Waals surface area contributed by atoms with Crippen LogP contribution in [-0.4, -0.2) is 127 Å². The first-order valence-corrected chi connectivity index (χ1v) is 34.5. The molecule has 6 aliphatic heterocycles. The van der Waals surface area contributed by atoms with Gasteiger partial charge in [-0.05, 0) is 201 Å². The average Bonchev–Trinajstić information content (AvgIpc) is 0.762. The highest BCUT2D eigenvalue weighted by molar-refractivity contribution is 6.32. The lowest BCUT2D eigenvalue weighted by Gasteiger charge is -2.54. The average molecular weight is 1450 g/mol. The van der Waals surface area contributed by atoms with Gasteiger partial charge in [0, 0.05) is 42.7 Å². The Bertz CT molecular complexity index is 4630. The third kappa shape index (κ3) is 13.9. The van der Waals surface area contributed by atoms with Gasteiger partial charge in [0.15, 0.2) is 23.0 Å². The van der Waals surface area contributed by atoms with Crippen LogP contribution in [0.1, 0.15) is 119 Å². The summed E-state index contributed by atoms with van der Waals surface area (Å²) in [6.07, 6.45) is 3.33. The highest BCUT2D eigenvalue weighted by Crippen LogP contribution is 2.55. The van der Waals surface area contributed by atoms with Crippen LogP contribution in [0.15, 0.2) is 109 Å².